The lowest BCUT2D eigenvalue weighted by Crippen LogP contribution is -2.60. The Hall–Kier alpha value is -2.79. The van der Waals surface area contributed by atoms with Crippen LogP contribution in [-0.4, -0.2) is 23.2 Å². The number of halogens is 9. The molecule has 0 aliphatic heterocycles. The van der Waals surface area contributed by atoms with Crippen LogP contribution >= 0.6 is 0 Å². The first kappa shape index (κ1) is 23.5. The fourth-order valence-corrected chi connectivity index (χ4v) is 3.14. The van der Waals surface area contributed by atoms with Crippen LogP contribution in [0.2, 0.25) is 0 Å². The minimum absolute atomic E-state index is 0.187. The van der Waals surface area contributed by atoms with Crippen molar-refractivity contribution in [1.29, 1.82) is 0 Å². The number of hydrogen-bond donors (Lipinski definition) is 0. The molecule has 2 aromatic carbocycles. The van der Waals surface area contributed by atoms with E-state index < -0.39 is 51.2 Å². The lowest BCUT2D eigenvalue weighted by Gasteiger charge is -2.37. The third kappa shape index (κ3) is 3.47. The van der Waals surface area contributed by atoms with Gasteiger partial charge in [-0.15, -0.1) is 0 Å². The first-order chi connectivity index (χ1) is 13.5. The van der Waals surface area contributed by atoms with Crippen LogP contribution in [0.4, 0.5) is 45.2 Å². The van der Waals surface area contributed by atoms with Crippen LogP contribution in [0.1, 0.15) is 16.7 Å². The topological polar surface area (TPSA) is 43.1 Å². The van der Waals surface area contributed by atoms with Crippen molar-refractivity contribution in [3.63, 3.8) is 0 Å². The number of nitro benzene ring substituents is 1. The van der Waals surface area contributed by atoms with Gasteiger partial charge in [-0.25, -0.2) is 4.39 Å². The second-order valence-electron chi connectivity index (χ2n) is 6.51. The lowest BCUT2D eigenvalue weighted by atomic mass is 9.80. The number of benzene rings is 2. The van der Waals surface area contributed by atoms with Crippen molar-refractivity contribution >= 4 is 5.69 Å². The molecule has 0 aliphatic rings. The maximum atomic E-state index is 15.2. The molecule has 1 atom stereocenters. The second kappa shape index (κ2) is 7.17. The molecule has 0 aliphatic carbocycles. The van der Waals surface area contributed by atoms with E-state index in [0.717, 1.165) is 44.2 Å². The molecule has 1 unspecified atom stereocenters. The van der Waals surface area contributed by atoms with Gasteiger partial charge in [0.05, 0.1) is 10.5 Å². The number of rotatable bonds is 4. The minimum Gasteiger partial charge on any atom is -0.258 e. The summed E-state index contributed by atoms with van der Waals surface area (Å²) in [6.45, 7) is 2.08. The molecule has 30 heavy (non-hydrogen) atoms. The molecule has 0 bridgehead atoms. The quantitative estimate of drug-likeness (QED) is 0.295. The highest BCUT2D eigenvalue weighted by Crippen LogP contribution is 2.60. The van der Waals surface area contributed by atoms with Crippen molar-refractivity contribution < 1.29 is 44.4 Å². The van der Waals surface area contributed by atoms with Gasteiger partial charge in [-0.2, -0.15) is 35.1 Å². The Bertz CT molecular complexity index is 983. The summed E-state index contributed by atoms with van der Waals surface area (Å²) in [5, 5.41) is 11.2. The Morgan fingerprint density at radius 3 is 1.83 bits per heavy atom. The van der Waals surface area contributed by atoms with E-state index in [9.17, 15) is 45.2 Å². The predicted octanol–water partition coefficient (Wildman–Crippen LogP) is 6.80. The van der Waals surface area contributed by atoms with Gasteiger partial charge in [0.1, 0.15) is 0 Å². The third-order valence-electron chi connectivity index (χ3n) is 4.40. The monoisotopic (exact) mass is 445 g/mol. The Labute approximate surface area is 163 Å². The van der Waals surface area contributed by atoms with Crippen LogP contribution in [0.15, 0.2) is 36.4 Å². The third-order valence-corrected chi connectivity index (χ3v) is 4.40. The largest absolute Gasteiger partial charge is 0.457 e. The normalized spacial score (nSPS) is 15.0. The zero-order valence-electron chi connectivity index (χ0n) is 15.1. The van der Waals surface area contributed by atoms with Crippen LogP contribution in [0.5, 0.6) is 0 Å². The molecule has 3 nitrogen and oxygen atoms in total. The van der Waals surface area contributed by atoms with Gasteiger partial charge in [0, 0.05) is 11.6 Å². The molecular weight excluding hydrogens is 433 g/mol. The Morgan fingerprint density at radius 1 is 0.833 bits per heavy atom. The molecule has 0 amide bonds. The SMILES string of the molecule is Cc1cc(C)c(-c2ccccc2[N+](=O)[O-])c(C(F)(C(F)(F)F)C(F)(F)C(F)(F)F)c1. The smallest absolute Gasteiger partial charge is 0.258 e. The summed E-state index contributed by atoms with van der Waals surface area (Å²) in [5.74, 6) is -6.89. The lowest BCUT2D eigenvalue weighted by molar-refractivity contribution is -0.389. The van der Waals surface area contributed by atoms with Crippen LogP contribution in [0.25, 0.3) is 11.1 Å². The van der Waals surface area contributed by atoms with Crippen molar-refractivity contribution in [2.45, 2.75) is 37.8 Å². The van der Waals surface area contributed by atoms with E-state index in [1.54, 1.807) is 0 Å². The minimum atomic E-state index is -6.91. The summed E-state index contributed by atoms with van der Waals surface area (Å²) in [7, 11) is 0. The van der Waals surface area contributed by atoms with Crippen molar-refractivity contribution in [1.82, 2.24) is 0 Å². The summed E-state index contributed by atoms with van der Waals surface area (Å²) in [6, 6.07) is 5.09. The number of para-hydroxylation sites is 1. The number of aryl methyl sites for hydroxylation is 2. The molecule has 0 spiro atoms. The molecule has 0 N–H and O–H groups in total. The number of nitro groups is 1. The first-order valence-electron chi connectivity index (χ1n) is 8.02. The average molecular weight is 445 g/mol. The van der Waals surface area contributed by atoms with E-state index in [0.29, 0.717) is 0 Å². The number of hydrogen-bond acceptors (Lipinski definition) is 2. The van der Waals surface area contributed by atoms with Crippen LogP contribution in [0, 0.1) is 24.0 Å². The van der Waals surface area contributed by atoms with E-state index in [1.165, 1.54) is 0 Å². The van der Waals surface area contributed by atoms with Gasteiger partial charge in [0.25, 0.3) is 5.69 Å². The average Bonchev–Trinajstić information content (AvgIpc) is 2.58. The Balaban J connectivity index is 3.09. The highest BCUT2D eigenvalue weighted by atomic mass is 19.4. The number of nitrogens with zero attached hydrogens (tertiary/aromatic N) is 1. The van der Waals surface area contributed by atoms with Crippen molar-refractivity contribution in [2.24, 2.45) is 0 Å². The van der Waals surface area contributed by atoms with E-state index in [2.05, 4.69) is 0 Å². The molecule has 0 saturated carbocycles. The summed E-state index contributed by atoms with van der Waals surface area (Å²) in [5.41, 5.74) is -11.6. The Morgan fingerprint density at radius 2 is 1.37 bits per heavy atom. The summed E-state index contributed by atoms with van der Waals surface area (Å²) < 4.78 is 123. The molecule has 2 aromatic rings. The standard InChI is InChI=1S/C18H12F9NO2/c1-9-7-10(2)14(11-5-3-4-6-13(11)28(29)30)12(8-9)15(19,17(22,23)24)16(20,21)18(25,26)27/h3-8H,1-2H3. The molecule has 0 saturated heterocycles. The molecule has 0 heterocycles. The van der Waals surface area contributed by atoms with Crippen molar-refractivity contribution in [3.8, 4) is 11.1 Å². The van der Waals surface area contributed by atoms with Gasteiger partial charge in [0.2, 0.25) is 0 Å². The summed E-state index contributed by atoms with van der Waals surface area (Å²) in [6.07, 6.45) is -13.6. The Kier molecular flexibility index (Phi) is 5.61. The first-order valence-corrected chi connectivity index (χ1v) is 8.02. The molecular formula is C18H12F9NO2. The van der Waals surface area contributed by atoms with E-state index >= 15 is 4.39 Å². The molecule has 0 fully saturated rings. The van der Waals surface area contributed by atoms with Gasteiger partial charge in [0.15, 0.2) is 0 Å². The van der Waals surface area contributed by atoms with E-state index in [1.807, 2.05) is 0 Å². The maximum absolute atomic E-state index is 15.2. The van der Waals surface area contributed by atoms with E-state index in [4.69, 9.17) is 0 Å². The molecule has 2 rings (SSSR count). The maximum Gasteiger partial charge on any atom is 0.457 e. The van der Waals surface area contributed by atoms with Gasteiger partial charge in [-0.3, -0.25) is 10.1 Å². The fraction of sp³-hybridized carbons (Fsp3) is 0.333. The van der Waals surface area contributed by atoms with Crippen molar-refractivity contribution in [2.75, 3.05) is 0 Å². The fourth-order valence-electron chi connectivity index (χ4n) is 3.14. The number of alkyl halides is 9. The zero-order valence-corrected chi connectivity index (χ0v) is 15.1. The van der Waals surface area contributed by atoms with Crippen LogP contribution < -0.4 is 0 Å². The summed E-state index contributed by atoms with van der Waals surface area (Å²) >= 11 is 0. The van der Waals surface area contributed by atoms with Crippen LogP contribution in [-0.2, 0) is 5.67 Å². The van der Waals surface area contributed by atoms with Crippen molar-refractivity contribution in [3.05, 3.63) is 63.2 Å². The zero-order chi connectivity index (χ0) is 23.3. The second-order valence-corrected chi connectivity index (χ2v) is 6.51. The van der Waals surface area contributed by atoms with Crippen LogP contribution in [0.3, 0.4) is 0 Å². The molecule has 0 radical (unpaired) electrons. The van der Waals surface area contributed by atoms with Gasteiger partial charge in [-0.05, 0) is 31.0 Å². The highest BCUT2D eigenvalue weighted by molar-refractivity contribution is 5.80. The van der Waals surface area contributed by atoms with Gasteiger partial charge in [-0.1, -0.05) is 29.8 Å². The van der Waals surface area contributed by atoms with Gasteiger partial charge < -0.3 is 0 Å². The highest BCUT2D eigenvalue weighted by Gasteiger charge is 2.82. The summed E-state index contributed by atoms with van der Waals surface area (Å²) in [4.78, 5) is 10.2. The predicted molar refractivity (Wildman–Crippen MR) is 87.8 cm³/mol. The molecule has 12 heteroatoms. The van der Waals surface area contributed by atoms with Gasteiger partial charge >= 0.3 is 23.9 Å². The molecule has 0 aromatic heterocycles. The van der Waals surface area contributed by atoms with E-state index in [-0.39, 0.29) is 17.2 Å². The molecule has 164 valence electrons.